The fourth-order valence-electron chi connectivity index (χ4n) is 2.20. The van der Waals surface area contributed by atoms with Crippen molar-refractivity contribution in [3.05, 3.63) is 23.2 Å². The number of nitrogens with zero attached hydrogens (tertiary/aromatic N) is 1. The van der Waals surface area contributed by atoms with Crippen molar-refractivity contribution in [3.8, 4) is 0 Å². The first-order chi connectivity index (χ1) is 9.04. The van der Waals surface area contributed by atoms with Crippen LogP contribution in [-0.2, 0) is 16.0 Å². The number of carbonyl (C=O) groups excluding carboxylic acids is 2. The van der Waals surface area contributed by atoms with Crippen LogP contribution < -0.4 is 5.73 Å². The van der Waals surface area contributed by atoms with Crippen molar-refractivity contribution in [2.75, 3.05) is 19.8 Å². The predicted octanol–water partition coefficient (Wildman–Crippen LogP) is 0.477. The van der Waals surface area contributed by atoms with Gasteiger partial charge in [0.05, 0.1) is 13.2 Å². The number of rotatable bonds is 3. The molecule has 6 heteroatoms. The smallest absolute Gasteiger partial charge is 0.290 e. The summed E-state index contributed by atoms with van der Waals surface area (Å²) in [5.74, 6) is 0.164. The van der Waals surface area contributed by atoms with E-state index in [9.17, 15) is 9.59 Å². The zero-order valence-electron chi connectivity index (χ0n) is 11.1. The summed E-state index contributed by atoms with van der Waals surface area (Å²) >= 11 is 0. The number of hydrogen-bond acceptors (Lipinski definition) is 4. The van der Waals surface area contributed by atoms with Crippen molar-refractivity contribution in [1.29, 1.82) is 0 Å². The lowest BCUT2D eigenvalue weighted by atomic mass is 10.2. The molecule has 1 aromatic rings. The number of primary amides is 1. The van der Waals surface area contributed by atoms with Gasteiger partial charge in [-0.1, -0.05) is 6.92 Å². The minimum absolute atomic E-state index is 0.140. The third-order valence-corrected chi connectivity index (χ3v) is 3.27. The summed E-state index contributed by atoms with van der Waals surface area (Å²) in [6, 6.07) is 0.978. The molecule has 0 radical (unpaired) electrons. The lowest BCUT2D eigenvalue weighted by Gasteiger charge is -2.32. The van der Waals surface area contributed by atoms with Crippen LogP contribution in [-0.4, -0.2) is 42.5 Å². The summed E-state index contributed by atoms with van der Waals surface area (Å²) in [5, 5.41) is 0. The van der Waals surface area contributed by atoms with E-state index in [-0.39, 0.29) is 18.3 Å². The van der Waals surface area contributed by atoms with Crippen molar-refractivity contribution in [2.24, 2.45) is 5.73 Å². The lowest BCUT2D eigenvalue weighted by Crippen LogP contribution is -2.54. The Hall–Kier alpha value is -1.82. The average Bonchev–Trinajstić information content (AvgIpc) is 2.79. The highest BCUT2D eigenvalue weighted by Crippen LogP contribution is 2.19. The standard InChI is InChI=1S/C13H18N2O4/c1-3-10-8(2)6-11(19-10)13(17)15-4-5-18-7-9(15)12(14)16/h6,9H,3-5,7H2,1-2H3,(H2,14,16)/t9-/m1/s1. The van der Waals surface area contributed by atoms with E-state index in [4.69, 9.17) is 14.9 Å². The van der Waals surface area contributed by atoms with Crippen molar-refractivity contribution in [1.82, 2.24) is 4.90 Å². The highest BCUT2D eigenvalue weighted by atomic mass is 16.5. The number of morpholine rings is 1. The minimum atomic E-state index is -0.725. The van der Waals surface area contributed by atoms with E-state index in [1.54, 1.807) is 6.07 Å². The van der Waals surface area contributed by atoms with E-state index >= 15 is 0 Å². The maximum Gasteiger partial charge on any atom is 0.290 e. The highest BCUT2D eigenvalue weighted by Gasteiger charge is 2.33. The van der Waals surface area contributed by atoms with Gasteiger partial charge >= 0.3 is 0 Å². The molecule has 0 aliphatic carbocycles. The molecule has 2 amide bonds. The molecule has 1 saturated heterocycles. The fraction of sp³-hybridized carbons (Fsp3) is 0.538. The Morgan fingerprint density at radius 2 is 2.26 bits per heavy atom. The minimum Gasteiger partial charge on any atom is -0.456 e. The molecule has 2 N–H and O–H groups in total. The van der Waals surface area contributed by atoms with Gasteiger partial charge in [-0.2, -0.15) is 0 Å². The molecule has 6 nitrogen and oxygen atoms in total. The average molecular weight is 266 g/mol. The molecule has 0 unspecified atom stereocenters. The number of nitrogens with two attached hydrogens (primary N) is 1. The summed E-state index contributed by atoms with van der Waals surface area (Å²) in [6.07, 6.45) is 0.724. The molecule has 0 aromatic carbocycles. The van der Waals surface area contributed by atoms with Gasteiger partial charge in [0, 0.05) is 13.0 Å². The highest BCUT2D eigenvalue weighted by molar-refractivity contribution is 5.95. The zero-order chi connectivity index (χ0) is 14.0. The molecule has 0 bridgehead atoms. The maximum atomic E-state index is 12.4. The van der Waals surface area contributed by atoms with E-state index in [1.807, 2.05) is 13.8 Å². The first-order valence-corrected chi connectivity index (χ1v) is 6.32. The number of carbonyl (C=O) groups is 2. The Bertz CT molecular complexity index is 495. The fourth-order valence-corrected chi connectivity index (χ4v) is 2.20. The SMILES string of the molecule is CCc1oc(C(=O)N2CCOC[C@@H]2C(N)=O)cc1C. The van der Waals surface area contributed by atoms with Crippen molar-refractivity contribution < 1.29 is 18.7 Å². The first kappa shape index (κ1) is 13.6. The molecule has 0 saturated carbocycles. The molecule has 1 fully saturated rings. The number of furan rings is 1. The van der Waals surface area contributed by atoms with E-state index in [0.29, 0.717) is 13.2 Å². The molecular formula is C13H18N2O4. The molecule has 2 rings (SSSR count). The number of amides is 2. The molecule has 0 spiro atoms. The molecule has 1 aliphatic heterocycles. The van der Waals surface area contributed by atoms with Crippen LogP contribution in [0, 0.1) is 6.92 Å². The zero-order valence-corrected chi connectivity index (χ0v) is 11.1. The largest absolute Gasteiger partial charge is 0.456 e. The Balaban J connectivity index is 2.23. The van der Waals surface area contributed by atoms with Gasteiger partial charge in [-0.3, -0.25) is 9.59 Å². The van der Waals surface area contributed by atoms with Gasteiger partial charge in [-0.25, -0.2) is 0 Å². The van der Waals surface area contributed by atoms with Crippen LogP contribution in [0.15, 0.2) is 10.5 Å². The number of hydrogen-bond donors (Lipinski definition) is 1. The van der Waals surface area contributed by atoms with Crippen molar-refractivity contribution in [3.63, 3.8) is 0 Å². The predicted molar refractivity (Wildman–Crippen MR) is 67.7 cm³/mol. The van der Waals surface area contributed by atoms with E-state index in [2.05, 4.69) is 0 Å². The van der Waals surface area contributed by atoms with Crippen LogP contribution in [0.3, 0.4) is 0 Å². The van der Waals surface area contributed by atoms with Crippen LogP contribution in [0.4, 0.5) is 0 Å². The van der Waals surface area contributed by atoms with Crippen molar-refractivity contribution >= 4 is 11.8 Å². The van der Waals surface area contributed by atoms with Gasteiger partial charge in [0.1, 0.15) is 11.8 Å². The molecule has 1 aromatic heterocycles. The Kier molecular flexibility index (Phi) is 3.90. The summed E-state index contributed by atoms with van der Waals surface area (Å²) in [7, 11) is 0. The Morgan fingerprint density at radius 1 is 1.53 bits per heavy atom. The third-order valence-electron chi connectivity index (χ3n) is 3.27. The second-order valence-corrected chi connectivity index (χ2v) is 4.56. The Labute approximate surface area is 111 Å². The normalized spacial score (nSPS) is 19.5. The number of ether oxygens (including phenoxy) is 1. The monoisotopic (exact) mass is 266 g/mol. The summed E-state index contributed by atoms with van der Waals surface area (Å²) < 4.78 is 10.7. The lowest BCUT2D eigenvalue weighted by molar-refractivity contribution is -0.127. The summed E-state index contributed by atoms with van der Waals surface area (Å²) in [4.78, 5) is 25.1. The second kappa shape index (κ2) is 5.44. The van der Waals surface area contributed by atoms with Crippen LogP contribution in [0.25, 0.3) is 0 Å². The third kappa shape index (κ3) is 2.63. The number of aryl methyl sites for hydroxylation is 2. The van der Waals surface area contributed by atoms with Gasteiger partial charge in [0.2, 0.25) is 5.91 Å². The molecule has 1 aliphatic rings. The van der Waals surface area contributed by atoms with Crippen molar-refractivity contribution in [2.45, 2.75) is 26.3 Å². The summed E-state index contributed by atoms with van der Waals surface area (Å²) in [6.45, 7) is 4.73. The molecule has 104 valence electrons. The van der Waals surface area contributed by atoms with Gasteiger partial charge < -0.3 is 19.8 Å². The van der Waals surface area contributed by atoms with E-state index in [1.165, 1.54) is 4.90 Å². The van der Waals surface area contributed by atoms with E-state index in [0.717, 1.165) is 17.7 Å². The van der Waals surface area contributed by atoms with E-state index < -0.39 is 11.9 Å². The van der Waals surface area contributed by atoms with Gasteiger partial charge in [0.15, 0.2) is 5.76 Å². The molecule has 2 heterocycles. The van der Waals surface area contributed by atoms with Crippen LogP contribution in [0.2, 0.25) is 0 Å². The Morgan fingerprint density at radius 3 is 2.84 bits per heavy atom. The van der Waals surface area contributed by atoms with Crippen LogP contribution >= 0.6 is 0 Å². The summed E-state index contributed by atoms with van der Waals surface area (Å²) in [5.41, 5.74) is 6.23. The first-order valence-electron chi connectivity index (χ1n) is 6.32. The quantitative estimate of drug-likeness (QED) is 0.862. The topological polar surface area (TPSA) is 85.8 Å². The second-order valence-electron chi connectivity index (χ2n) is 4.56. The van der Waals surface area contributed by atoms with Gasteiger partial charge in [-0.05, 0) is 18.6 Å². The maximum absolute atomic E-state index is 12.4. The molecule has 19 heavy (non-hydrogen) atoms. The molecular weight excluding hydrogens is 248 g/mol. The van der Waals surface area contributed by atoms with Gasteiger partial charge in [-0.15, -0.1) is 0 Å². The molecule has 1 atom stereocenters. The van der Waals surface area contributed by atoms with Crippen LogP contribution in [0.1, 0.15) is 28.8 Å². The van der Waals surface area contributed by atoms with Gasteiger partial charge in [0.25, 0.3) is 5.91 Å². The van der Waals surface area contributed by atoms with Crippen LogP contribution in [0.5, 0.6) is 0 Å².